The van der Waals surface area contributed by atoms with Gasteiger partial charge in [-0.2, -0.15) is 0 Å². The van der Waals surface area contributed by atoms with E-state index in [1.165, 1.54) is 25.7 Å². The van der Waals surface area contributed by atoms with Crippen LogP contribution in [0.5, 0.6) is 0 Å². The van der Waals surface area contributed by atoms with Crippen LogP contribution in [-0.4, -0.2) is 0 Å². The monoisotopic (exact) mass is 162 g/mol. The van der Waals surface area contributed by atoms with Gasteiger partial charge in [0.1, 0.15) is 0 Å². The molecule has 2 aliphatic rings. The second-order valence-electron chi connectivity index (χ2n) is 4.34. The van der Waals surface area contributed by atoms with Gasteiger partial charge >= 0.3 is 0 Å². The van der Waals surface area contributed by atoms with Crippen LogP contribution in [0.15, 0.2) is 23.3 Å². The van der Waals surface area contributed by atoms with E-state index in [2.05, 4.69) is 26.0 Å². The highest BCUT2D eigenvalue weighted by molar-refractivity contribution is 5.32. The molecule has 0 N–H and O–H groups in total. The molecule has 0 saturated carbocycles. The van der Waals surface area contributed by atoms with Gasteiger partial charge in [-0.05, 0) is 50.0 Å². The van der Waals surface area contributed by atoms with E-state index in [1.807, 2.05) is 0 Å². The molecule has 0 bridgehead atoms. The Bertz CT molecular complexity index is 232. The van der Waals surface area contributed by atoms with Gasteiger partial charge in [0, 0.05) is 0 Å². The third kappa shape index (κ3) is 1.24. The van der Waals surface area contributed by atoms with Crippen molar-refractivity contribution in [1.82, 2.24) is 0 Å². The fourth-order valence-electron chi connectivity index (χ4n) is 2.62. The average Bonchev–Trinajstić information content (AvgIpc) is 2.30. The summed E-state index contributed by atoms with van der Waals surface area (Å²) in [5.74, 6) is 1.80. The molecule has 1 unspecified atom stereocenters. The molecular formula is C12H18. The normalized spacial score (nSPS) is 35.2. The largest absolute Gasteiger partial charge is 0.0842 e. The molecule has 0 nitrogen and oxygen atoms in total. The zero-order chi connectivity index (χ0) is 8.55. The highest BCUT2D eigenvalue weighted by atomic mass is 14.3. The van der Waals surface area contributed by atoms with E-state index >= 15 is 0 Å². The summed E-state index contributed by atoms with van der Waals surface area (Å²) in [4.78, 5) is 0. The van der Waals surface area contributed by atoms with Crippen molar-refractivity contribution in [2.24, 2.45) is 11.8 Å². The fourth-order valence-corrected chi connectivity index (χ4v) is 2.62. The third-order valence-electron chi connectivity index (χ3n) is 3.50. The second-order valence-corrected chi connectivity index (χ2v) is 4.34. The van der Waals surface area contributed by atoms with Crippen LogP contribution in [0.4, 0.5) is 0 Å². The standard InChI is InChI=1S/C12H18/c1-9-5-3-4-6-11-10(2)7-8-12(9)11/h4,6,9,12H,3,5,7-8H2,1-2H3/t9?,12-/m0/s1. The van der Waals surface area contributed by atoms with Gasteiger partial charge in [-0.25, -0.2) is 0 Å². The summed E-state index contributed by atoms with van der Waals surface area (Å²) in [6, 6.07) is 0. The Hall–Kier alpha value is -0.520. The Morgan fingerprint density at radius 3 is 3.00 bits per heavy atom. The van der Waals surface area contributed by atoms with Crippen molar-refractivity contribution in [3.05, 3.63) is 23.3 Å². The van der Waals surface area contributed by atoms with Crippen molar-refractivity contribution in [3.63, 3.8) is 0 Å². The third-order valence-corrected chi connectivity index (χ3v) is 3.50. The van der Waals surface area contributed by atoms with Gasteiger partial charge in [-0.1, -0.05) is 24.6 Å². The summed E-state index contributed by atoms with van der Waals surface area (Å²) in [6.45, 7) is 4.72. The molecule has 12 heavy (non-hydrogen) atoms. The van der Waals surface area contributed by atoms with Crippen LogP contribution in [-0.2, 0) is 0 Å². The van der Waals surface area contributed by atoms with Crippen molar-refractivity contribution in [2.75, 3.05) is 0 Å². The van der Waals surface area contributed by atoms with Gasteiger partial charge in [-0.15, -0.1) is 0 Å². The average molecular weight is 162 g/mol. The zero-order valence-electron chi connectivity index (χ0n) is 8.14. The van der Waals surface area contributed by atoms with Gasteiger partial charge in [0.25, 0.3) is 0 Å². The number of rotatable bonds is 0. The molecule has 0 heterocycles. The molecule has 2 aliphatic carbocycles. The van der Waals surface area contributed by atoms with Gasteiger partial charge in [0.05, 0.1) is 0 Å². The molecule has 0 spiro atoms. The first-order valence-corrected chi connectivity index (χ1v) is 5.15. The smallest absolute Gasteiger partial charge is 0.0134 e. The van der Waals surface area contributed by atoms with Crippen LogP contribution >= 0.6 is 0 Å². The molecule has 0 aromatic rings. The Morgan fingerprint density at radius 2 is 2.17 bits per heavy atom. The summed E-state index contributed by atoms with van der Waals surface area (Å²) in [5, 5.41) is 0. The Morgan fingerprint density at radius 1 is 1.33 bits per heavy atom. The fraction of sp³-hybridized carbons (Fsp3) is 0.667. The van der Waals surface area contributed by atoms with Gasteiger partial charge in [0.15, 0.2) is 0 Å². The first-order chi connectivity index (χ1) is 5.79. The quantitative estimate of drug-likeness (QED) is 0.509. The van der Waals surface area contributed by atoms with Crippen LogP contribution in [0.2, 0.25) is 0 Å². The Balaban J connectivity index is 2.30. The maximum absolute atomic E-state index is 2.41. The lowest BCUT2D eigenvalue weighted by atomic mass is 9.87. The van der Waals surface area contributed by atoms with Gasteiger partial charge < -0.3 is 0 Å². The first kappa shape index (κ1) is 8.10. The molecule has 2 rings (SSSR count). The van der Waals surface area contributed by atoms with E-state index < -0.39 is 0 Å². The Kier molecular flexibility index (Phi) is 2.08. The number of fused-ring (bicyclic) bond motifs is 1. The van der Waals surface area contributed by atoms with E-state index in [9.17, 15) is 0 Å². The summed E-state index contributed by atoms with van der Waals surface area (Å²) in [5.41, 5.74) is 3.31. The lowest BCUT2D eigenvalue weighted by Gasteiger charge is -2.18. The van der Waals surface area contributed by atoms with Crippen molar-refractivity contribution in [3.8, 4) is 0 Å². The lowest BCUT2D eigenvalue weighted by molar-refractivity contribution is 0.394. The van der Waals surface area contributed by atoms with Crippen LogP contribution in [0, 0.1) is 11.8 Å². The van der Waals surface area contributed by atoms with Crippen LogP contribution < -0.4 is 0 Å². The van der Waals surface area contributed by atoms with Crippen molar-refractivity contribution < 1.29 is 0 Å². The maximum Gasteiger partial charge on any atom is -0.0134 e. The molecule has 0 aromatic heterocycles. The number of hydrogen-bond acceptors (Lipinski definition) is 0. The summed E-state index contributed by atoms with van der Waals surface area (Å²) in [6.07, 6.45) is 10.2. The molecule has 0 amide bonds. The van der Waals surface area contributed by atoms with E-state index in [0.717, 1.165) is 11.8 Å². The van der Waals surface area contributed by atoms with Crippen molar-refractivity contribution >= 4 is 0 Å². The molecule has 66 valence electrons. The molecule has 0 aromatic carbocycles. The summed E-state index contributed by atoms with van der Waals surface area (Å²) in [7, 11) is 0. The maximum atomic E-state index is 2.41. The molecule has 0 fully saturated rings. The summed E-state index contributed by atoms with van der Waals surface area (Å²) >= 11 is 0. The molecule has 0 radical (unpaired) electrons. The molecule has 0 saturated heterocycles. The summed E-state index contributed by atoms with van der Waals surface area (Å²) < 4.78 is 0. The van der Waals surface area contributed by atoms with E-state index in [1.54, 1.807) is 11.1 Å². The zero-order valence-corrected chi connectivity index (χ0v) is 8.14. The molecule has 0 aliphatic heterocycles. The predicted octanol–water partition coefficient (Wildman–Crippen LogP) is 3.70. The topological polar surface area (TPSA) is 0 Å². The van der Waals surface area contributed by atoms with Crippen LogP contribution in [0.1, 0.15) is 39.5 Å². The van der Waals surface area contributed by atoms with E-state index in [0.29, 0.717) is 0 Å². The Labute approximate surface area is 75.4 Å². The van der Waals surface area contributed by atoms with Crippen molar-refractivity contribution in [1.29, 1.82) is 0 Å². The highest BCUT2D eigenvalue weighted by Crippen LogP contribution is 2.40. The molecule has 2 atom stereocenters. The highest BCUT2D eigenvalue weighted by Gasteiger charge is 2.27. The van der Waals surface area contributed by atoms with Gasteiger partial charge in [0.2, 0.25) is 0 Å². The second kappa shape index (κ2) is 3.08. The number of hydrogen-bond donors (Lipinski definition) is 0. The first-order valence-electron chi connectivity index (χ1n) is 5.15. The van der Waals surface area contributed by atoms with Gasteiger partial charge in [-0.3, -0.25) is 0 Å². The van der Waals surface area contributed by atoms with E-state index in [-0.39, 0.29) is 0 Å². The minimum Gasteiger partial charge on any atom is -0.0842 e. The van der Waals surface area contributed by atoms with E-state index in [4.69, 9.17) is 0 Å². The lowest BCUT2D eigenvalue weighted by Crippen LogP contribution is -2.08. The van der Waals surface area contributed by atoms with Crippen LogP contribution in [0.3, 0.4) is 0 Å². The minimum absolute atomic E-state index is 0.892. The predicted molar refractivity (Wildman–Crippen MR) is 53.0 cm³/mol. The molecule has 0 heteroatoms. The van der Waals surface area contributed by atoms with Crippen LogP contribution in [0.25, 0.3) is 0 Å². The number of allylic oxidation sites excluding steroid dienone is 4. The van der Waals surface area contributed by atoms with Crippen molar-refractivity contribution in [2.45, 2.75) is 39.5 Å². The molecular weight excluding hydrogens is 144 g/mol. The minimum atomic E-state index is 0.892. The SMILES string of the molecule is CC1=C2C=CCCC(C)[C@@H]2CC1.